The first-order valence-electron chi connectivity index (χ1n) is 5.07. The zero-order valence-electron chi connectivity index (χ0n) is 9.55. The lowest BCUT2D eigenvalue weighted by Gasteiger charge is -2.11. The zero-order valence-corrected chi connectivity index (χ0v) is 10.3. The molecule has 0 aliphatic rings. The molecule has 94 valence electrons. The van der Waals surface area contributed by atoms with Crippen molar-refractivity contribution in [2.24, 2.45) is 5.84 Å². The number of halogens is 1. The van der Waals surface area contributed by atoms with Crippen LogP contribution in [0, 0.1) is 0 Å². The molecule has 6 nitrogen and oxygen atoms in total. The van der Waals surface area contributed by atoms with Crippen LogP contribution in [-0.2, 0) is 0 Å². The molecule has 0 atom stereocenters. The van der Waals surface area contributed by atoms with Gasteiger partial charge in [-0.2, -0.15) is 9.78 Å². The van der Waals surface area contributed by atoms with Gasteiger partial charge in [0.1, 0.15) is 17.1 Å². The van der Waals surface area contributed by atoms with E-state index in [-0.39, 0.29) is 10.8 Å². The standard InChI is InChI=1S/C11H11ClN4O2/c1-18-9-5-3-2-4-8(9)16-11(17)7(14-13)6-10(12)15-16/h2-6,14H,13H2,1H3. The quantitative estimate of drug-likeness (QED) is 0.644. The lowest BCUT2D eigenvalue weighted by atomic mass is 10.3. The van der Waals surface area contributed by atoms with Gasteiger partial charge in [-0.3, -0.25) is 10.6 Å². The highest BCUT2D eigenvalue weighted by atomic mass is 35.5. The largest absolute Gasteiger partial charge is 0.494 e. The molecule has 0 bridgehead atoms. The van der Waals surface area contributed by atoms with Crippen molar-refractivity contribution in [3.8, 4) is 11.4 Å². The van der Waals surface area contributed by atoms with E-state index in [1.165, 1.54) is 13.2 Å². The number of hydrogen-bond acceptors (Lipinski definition) is 5. The van der Waals surface area contributed by atoms with Crippen molar-refractivity contribution in [2.75, 3.05) is 12.5 Å². The molecule has 3 N–H and O–H groups in total. The Morgan fingerprint density at radius 2 is 2.17 bits per heavy atom. The second kappa shape index (κ2) is 5.07. The molecule has 1 aromatic heterocycles. The van der Waals surface area contributed by atoms with Crippen molar-refractivity contribution in [1.29, 1.82) is 0 Å². The monoisotopic (exact) mass is 266 g/mol. The van der Waals surface area contributed by atoms with Crippen molar-refractivity contribution in [3.63, 3.8) is 0 Å². The second-order valence-corrected chi connectivity index (χ2v) is 3.80. The molecule has 0 aliphatic carbocycles. The second-order valence-electron chi connectivity index (χ2n) is 3.41. The van der Waals surface area contributed by atoms with Crippen LogP contribution in [0.2, 0.25) is 5.15 Å². The Balaban J connectivity index is 2.71. The molecule has 1 heterocycles. The van der Waals surface area contributed by atoms with E-state index in [9.17, 15) is 4.79 Å². The maximum Gasteiger partial charge on any atom is 0.296 e. The molecule has 0 saturated carbocycles. The van der Waals surface area contributed by atoms with Crippen LogP contribution in [0.1, 0.15) is 0 Å². The Labute approximate surface area is 108 Å². The summed E-state index contributed by atoms with van der Waals surface area (Å²) >= 11 is 5.84. The molecule has 0 aliphatic heterocycles. The Hall–Kier alpha value is -2.05. The maximum atomic E-state index is 12.1. The lowest BCUT2D eigenvalue weighted by molar-refractivity contribution is 0.411. The molecular weight excluding hydrogens is 256 g/mol. The van der Waals surface area contributed by atoms with E-state index in [0.717, 1.165) is 4.68 Å². The van der Waals surface area contributed by atoms with E-state index in [1.807, 2.05) is 0 Å². The predicted octanol–water partition coefficient (Wildman–Crippen LogP) is 1.18. The highest BCUT2D eigenvalue weighted by Gasteiger charge is 2.11. The van der Waals surface area contributed by atoms with Gasteiger partial charge in [0.25, 0.3) is 5.56 Å². The molecule has 2 aromatic rings. The summed E-state index contributed by atoms with van der Waals surface area (Å²) in [6, 6.07) is 8.34. The van der Waals surface area contributed by atoms with Crippen LogP contribution in [0.15, 0.2) is 35.1 Å². The number of hydrogen-bond donors (Lipinski definition) is 2. The fraction of sp³-hybridized carbons (Fsp3) is 0.0909. The van der Waals surface area contributed by atoms with Gasteiger partial charge >= 0.3 is 0 Å². The van der Waals surface area contributed by atoms with Gasteiger partial charge in [-0.1, -0.05) is 23.7 Å². The van der Waals surface area contributed by atoms with Crippen LogP contribution >= 0.6 is 11.6 Å². The first-order chi connectivity index (χ1) is 8.67. The van der Waals surface area contributed by atoms with Gasteiger partial charge in [-0.15, -0.1) is 0 Å². The number of methoxy groups -OCH3 is 1. The summed E-state index contributed by atoms with van der Waals surface area (Å²) < 4.78 is 6.31. The summed E-state index contributed by atoms with van der Waals surface area (Å²) in [5.74, 6) is 5.77. The lowest BCUT2D eigenvalue weighted by Crippen LogP contribution is -2.26. The Morgan fingerprint density at radius 3 is 2.83 bits per heavy atom. The number of ether oxygens (including phenoxy) is 1. The molecular formula is C11H11ClN4O2. The van der Waals surface area contributed by atoms with Gasteiger partial charge < -0.3 is 10.2 Å². The van der Waals surface area contributed by atoms with Crippen LogP contribution in [-0.4, -0.2) is 16.9 Å². The minimum absolute atomic E-state index is 0.147. The number of hydrazine groups is 1. The summed E-state index contributed by atoms with van der Waals surface area (Å²) in [7, 11) is 1.51. The van der Waals surface area contributed by atoms with Crippen LogP contribution in [0.3, 0.4) is 0 Å². The molecule has 18 heavy (non-hydrogen) atoms. The van der Waals surface area contributed by atoms with E-state index < -0.39 is 5.56 Å². The SMILES string of the molecule is COc1ccccc1-n1nc(Cl)cc(NN)c1=O. The first-order valence-corrected chi connectivity index (χ1v) is 5.45. The molecule has 0 saturated heterocycles. The average Bonchev–Trinajstić information content (AvgIpc) is 2.41. The minimum Gasteiger partial charge on any atom is -0.494 e. The number of anilines is 1. The van der Waals surface area contributed by atoms with Crippen molar-refractivity contribution < 1.29 is 4.74 Å². The fourth-order valence-electron chi connectivity index (χ4n) is 1.54. The minimum atomic E-state index is -0.411. The normalized spacial score (nSPS) is 10.2. The van der Waals surface area contributed by atoms with E-state index in [1.54, 1.807) is 24.3 Å². The van der Waals surface area contributed by atoms with Gasteiger partial charge in [0.2, 0.25) is 0 Å². The molecule has 7 heteroatoms. The molecule has 0 spiro atoms. The Bertz CT molecular complexity index is 627. The fourth-order valence-corrected chi connectivity index (χ4v) is 1.72. The summed E-state index contributed by atoms with van der Waals surface area (Å²) in [6.45, 7) is 0. The van der Waals surface area contributed by atoms with Gasteiger partial charge in [-0.25, -0.2) is 0 Å². The highest BCUT2D eigenvalue weighted by molar-refractivity contribution is 6.29. The van der Waals surface area contributed by atoms with E-state index in [0.29, 0.717) is 11.4 Å². The van der Waals surface area contributed by atoms with Gasteiger partial charge in [-0.05, 0) is 12.1 Å². The number of aromatic nitrogens is 2. The maximum absolute atomic E-state index is 12.1. The summed E-state index contributed by atoms with van der Waals surface area (Å²) in [5.41, 5.74) is 2.52. The highest BCUT2D eigenvalue weighted by Crippen LogP contribution is 2.21. The Kier molecular flexibility index (Phi) is 3.50. The molecule has 1 aromatic carbocycles. The number of nitrogens with zero attached hydrogens (tertiary/aromatic N) is 2. The molecule has 0 unspecified atom stereocenters. The van der Waals surface area contributed by atoms with Crippen LogP contribution in [0.4, 0.5) is 5.69 Å². The molecule has 0 fully saturated rings. The number of nitrogens with one attached hydrogen (secondary N) is 1. The summed E-state index contributed by atoms with van der Waals surface area (Å²) in [6.07, 6.45) is 0. The smallest absolute Gasteiger partial charge is 0.296 e. The Morgan fingerprint density at radius 1 is 1.44 bits per heavy atom. The first kappa shape index (κ1) is 12.4. The van der Waals surface area contributed by atoms with E-state index >= 15 is 0 Å². The van der Waals surface area contributed by atoms with Crippen molar-refractivity contribution in [2.45, 2.75) is 0 Å². The third-order valence-corrected chi connectivity index (χ3v) is 2.54. The number of nitrogens with two attached hydrogens (primary N) is 1. The number of rotatable bonds is 3. The van der Waals surface area contributed by atoms with Gasteiger partial charge in [0.15, 0.2) is 5.15 Å². The summed E-state index contributed by atoms with van der Waals surface area (Å²) in [5, 5.41) is 4.10. The molecule has 2 rings (SSSR count). The third-order valence-electron chi connectivity index (χ3n) is 2.35. The predicted molar refractivity (Wildman–Crippen MR) is 69.2 cm³/mol. The average molecular weight is 267 g/mol. The van der Waals surface area contributed by atoms with Crippen LogP contribution in [0.5, 0.6) is 5.75 Å². The number of benzene rings is 1. The van der Waals surface area contributed by atoms with Crippen LogP contribution < -0.4 is 21.6 Å². The van der Waals surface area contributed by atoms with Crippen molar-refractivity contribution >= 4 is 17.3 Å². The zero-order chi connectivity index (χ0) is 13.1. The van der Waals surface area contributed by atoms with Gasteiger partial charge in [0.05, 0.1) is 7.11 Å². The van der Waals surface area contributed by atoms with Crippen molar-refractivity contribution in [1.82, 2.24) is 9.78 Å². The number of para-hydroxylation sites is 2. The van der Waals surface area contributed by atoms with Gasteiger partial charge in [0, 0.05) is 6.07 Å². The van der Waals surface area contributed by atoms with E-state index in [2.05, 4.69) is 10.5 Å². The van der Waals surface area contributed by atoms with Crippen molar-refractivity contribution in [3.05, 3.63) is 45.8 Å². The summed E-state index contributed by atoms with van der Waals surface area (Å²) in [4.78, 5) is 12.1. The molecule has 0 radical (unpaired) electrons. The third kappa shape index (κ3) is 2.15. The van der Waals surface area contributed by atoms with E-state index in [4.69, 9.17) is 22.2 Å². The topological polar surface area (TPSA) is 82.2 Å². The van der Waals surface area contributed by atoms with Crippen LogP contribution in [0.25, 0.3) is 5.69 Å². The number of nitrogen functional groups attached to an aromatic ring is 1. The molecule has 0 amide bonds.